The highest BCUT2D eigenvalue weighted by molar-refractivity contribution is 5.94. The molecule has 0 heterocycles. The number of nitrogens with one attached hydrogen (secondary N) is 1. The van der Waals surface area contributed by atoms with Crippen LogP contribution in [-0.2, 0) is 4.79 Å². The molecule has 0 saturated carbocycles. The topological polar surface area (TPSA) is 75.6 Å². The lowest BCUT2D eigenvalue weighted by atomic mass is 10.0. The number of unbranched alkanes of at least 4 members (excludes halogenated alkanes) is 2. The summed E-state index contributed by atoms with van der Waals surface area (Å²) in [5.41, 5.74) is 1.32. The van der Waals surface area contributed by atoms with E-state index >= 15 is 0 Å². The molecule has 0 spiro atoms. The summed E-state index contributed by atoms with van der Waals surface area (Å²) in [5, 5.41) is 11.2. The van der Waals surface area contributed by atoms with Crippen LogP contribution in [0, 0.1) is 13.8 Å². The first-order valence-corrected chi connectivity index (χ1v) is 7.37. The quantitative estimate of drug-likeness (QED) is 0.682. The zero-order valence-electron chi connectivity index (χ0n) is 13.2. The van der Waals surface area contributed by atoms with Crippen LogP contribution >= 0.6 is 0 Å². The zero-order valence-corrected chi connectivity index (χ0v) is 13.2. The fourth-order valence-corrected chi connectivity index (χ4v) is 2.24. The minimum atomic E-state index is -2.90. The zero-order chi connectivity index (χ0) is 17.4. The van der Waals surface area contributed by atoms with Gasteiger partial charge in [-0.2, -0.15) is 8.78 Å². The smallest absolute Gasteiger partial charge is 0.387 e. The predicted molar refractivity (Wildman–Crippen MR) is 81.0 cm³/mol. The molecule has 1 amide bonds. The Morgan fingerprint density at radius 3 is 2.30 bits per heavy atom. The van der Waals surface area contributed by atoms with E-state index in [4.69, 9.17) is 5.11 Å². The van der Waals surface area contributed by atoms with E-state index in [2.05, 4.69) is 10.1 Å². The largest absolute Gasteiger partial charge is 0.481 e. The number of amides is 1. The van der Waals surface area contributed by atoms with Gasteiger partial charge in [-0.25, -0.2) is 0 Å². The first-order chi connectivity index (χ1) is 10.8. The van der Waals surface area contributed by atoms with Crippen LogP contribution in [0.1, 0.15) is 47.2 Å². The third-order valence-electron chi connectivity index (χ3n) is 3.28. The Labute approximate surface area is 133 Å². The number of carbonyl (C=O) groups excluding carboxylic acids is 1. The van der Waals surface area contributed by atoms with Crippen LogP contribution in [-0.4, -0.2) is 30.1 Å². The Bertz CT molecular complexity index is 538. The van der Waals surface area contributed by atoms with Gasteiger partial charge in [0.25, 0.3) is 5.91 Å². The van der Waals surface area contributed by atoms with Crippen molar-refractivity contribution in [3.63, 3.8) is 0 Å². The molecule has 0 unspecified atom stereocenters. The summed E-state index contributed by atoms with van der Waals surface area (Å²) in [7, 11) is 0. The van der Waals surface area contributed by atoms with E-state index in [9.17, 15) is 18.4 Å². The average Bonchev–Trinajstić information content (AvgIpc) is 2.45. The molecule has 0 aliphatic rings. The SMILES string of the molecule is Cc1cc(C(=O)NCCCCCC(=O)O)cc(C)c1OC(F)F. The summed E-state index contributed by atoms with van der Waals surface area (Å²) < 4.78 is 29.1. The van der Waals surface area contributed by atoms with Crippen molar-refractivity contribution in [1.29, 1.82) is 0 Å². The molecule has 0 aromatic heterocycles. The number of aliphatic carboxylic acids is 1. The van der Waals surface area contributed by atoms with E-state index in [0.717, 1.165) is 0 Å². The van der Waals surface area contributed by atoms with Gasteiger partial charge in [-0.15, -0.1) is 0 Å². The molecule has 1 aromatic carbocycles. The molecule has 0 radical (unpaired) electrons. The van der Waals surface area contributed by atoms with Gasteiger partial charge in [0, 0.05) is 18.5 Å². The van der Waals surface area contributed by atoms with Gasteiger partial charge in [0.15, 0.2) is 0 Å². The molecular formula is C16H21F2NO4. The molecule has 5 nitrogen and oxygen atoms in total. The van der Waals surface area contributed by atoms with Crippen molar-refractivity contribution in [1.82, 2.24) is 5.32 Å². The van der Waals surface area contributed by atoms with Gasteiger partial charge in [0.1, 0.15) is 5.75 Å². The Balaban J connectivity index is 2.52. The molecule has 0 atom stereocenters. The van der Waals surface area contributed by atoms with E-state index in [1.807, 2.05) is 0 Å². The fourth-order valence-electron chi connectivity index (χ4n) is 2.24. The molecule has 0 fully saturated rings. The number of ether oxygens (including phenoxy) is 1. The van der Waals surface area contributed by atoms with Gasteiger partial charge in [-0.05, 0) is 49.9 Å². The number of carbonyl (C=O) groups is 2. The molecule has 0 aliphatic heterocycles. The highest BCUT2D eigenvalue weighted by Crippen LogP contribution is 2.26. The molecule has 23 heavy (non-hydrogen) atoms. The van der Waals surface area contributed by atoms with Crippen molar-refractivity contribution < 1.29 is 28.2 Å². The standard InChI is InChI=1S/C16H21F2NO4/c1-10-8-12(9-11(2)14(10)23-16(17)18)15(22)19-7-5-3-4-6-13(20)21/h8-9,16H,3-7H2,1-2H3,(H,19,22)(H,20,21). The second-order valence-corrected chi connectivity index (χ2v) is 5.28. The summed E-state index contributed by atoms with van der Waals surface area (Å²) >= 11 is 0. The van der Waals surface area contributed by atoms with Crippen molar-refractivity contribution in [2.45, 2.75) is 46.1 Å². The van der Waals surface area contributed by atoms with E-state index in [0.29, 0.717) is 42.5 Å². The van der Waals surface area contributed by atoms with Gasteiger partial charge < -0.3 is 15.2 Å². The summed E-state index contributed by atoms with van der Waals surface area (Å²) in [5.74, 6) is -1.03. The first-order valence-electron chi connectivity index (χ1n) is 7.37. The van der Waals surface area contributed by atoms with Crippen LogP contribution in [0.15, 0.2) is 12.1 Å². The summed E-state index contributed by atoms with van der Waals surface area (Å²) in [4.78, 5) is 22.4. The van der Waals surface area contributed by atoms with Crippen LogP contribution in [0.25, 0.3) is 0 Å². The fraction of sp³-hybridized carbons (Fsp3) is 0.500. The third-order valence-corrected chi connectivity index (χ3v) is 3.28. The Hall–Kier alpha value is -2.18. The third kappa shape index (κ3) is 6.63. The van der Waals surface area contributed by atoms with Crippen molar-refractivity contribution in [2.75, 3.05) is 6.54 Å². The minimum Gasteiger partial charge on any atom is -0.481 e. The van der Waals surface area contributed by atoms with Gasteiger partial charge in [-0.3, -0.25) is 9.59 Å². The van der Waals surface area contributed by atoms with E-state index < -0.39 is 12.6 Å². The monoisotopic (exact) mass is 329 g/mol. The molecule has 2 N–H and O–H groups in total. The number of carboxylic acid groups (broad SMARTS) is 1. The number of carboxylic acids is 1. The highest BCUT2D eigenvalue weighted by Gasteiger charge is 2.14. The first kappa shape index (κ1) is 18.9. The lowest BCUT2D eigenvalue weighted by Gasteiger charge is -2.13. The van der Waals surface area contributed by atoms with Crippen molar-refractivity contribution in [3.8, 4) is 5.75 Å². The summed E-state index contributed by atoms with van der Waals surface area (Å²) in [6.45, 7) is 0.741. The molecule has 1 rings (SSSR count). The maximum Gasteiger partial charge on any atom is 0.387 e. The van der Waals surface area contributed by atoms with Gasteiger partial charge in [-0.1, -0.05) is 6.42 Å². The highest BCUT2D eigenvalue weighted by atomic mass is 19.3. The second-order valence-electron chi connectivity index (χ2n) is 5.28. The molecule has 128 valence electrons. The predicted octanol–water partition coefficient (Wildman–Crippen LogP) is 3.28. The van der Waals surface area contributed by atoms with Crippen LogP contribution < -0.4 is 10.1 Å². The summed E-state index contributed by atoms with van der Waals surface area (Å²) in [6, 6.07) is 3.01. The van der Waals surface area contributed by atoms with Crippen LogP contribution in [0.5, 0.6) is 5.75 Å². The number of benzene rings is 1. The molecule has 0 bridgehead atoms. The number of hydrogen-bond donors (Lipinski definition) is 2. The van der Waals surface area contributed by atoms with E-state index in [1.54, 1.807) is 13.8 Å². The molecule has 0 saturated heterocycles. The second kappa shape index (κ2) is 9.07. The van der Waals surface area contributed by atoms with Crippen LogP contribution in [0.2, 0.25) is 0 Å². The lowest BCUT2D eigenvalue weighted by Crippen LogP contribution is -2.24. The maximum atomic E-state index is 12.3. The minimum absolute atomic E-state index is 0.0882. The average molecular weight is 329 g/mol. The van der Waals surface area contributed by atoms with Gasteiger partial charge in [0.05, 0.1) is 0 Å². The lowest BCUT2D eigenvalue weighted by molar-refractivity contribution is -0.137. The summed E-state index contributed by atoms with van der Waals surface area (Å²) in [6.07, 6.45) is 2.09. The Morgan fingerprint density at radius 1 is 1.17 bits per heavy atom. The number of aryl methyl sites for hydroxylation is 2. The molecule has 7 heteroatoms. The number of rotatable bonds is 9. The Kier molecular flexibility index (Phi) is 7.44. The maximum absolute atomic E-state index is 12.3. The molecule has 0 aliphatic carbocycles. The van der Waals surface area contributed by atoms with Crippen molar-refractivity contribution >= 4 is 11.9 Å². The van der Waals surface area contributed by atoms with Crippen LogP contribution in [0.4, 0.5) is 8.78 Å². The van der Waals surface area contributed by atoms with Crippen molar-refractivity contribution in [2.24, 2.45) is 0 Å². The number of hydrogen-bond acceptors (Lipinski definition) is 3. The molecular weight excluding hydrogens is 308 g/mol. The normalized spacial score (nSPS) is 10.7. The Morgan fingerprint density at radius 2 is 1.78 bits per heavy atom. The number of alkyl halides is 2. The van der Waals surface area contributed by atoms with Crippen LogP contribution in [0.3, 0.4) is 0 Å². The van der Waals surface area contributed by atoms with E-state index in [-0.39, 0.29) is 18.1 Å². The van der Waals surface area contributed by atoms with Gasteiger partial charge in [0.2, 0.25) is 0 Å². The van der Waals surface area contributed by atoms with Gasteiger partial charge >= 0.3 is 12.6 Å². The van der Waals surface area contributed by atoms with E-state index in [1.165, 1.54) is 12.1 Å². The van der Waals surface area contributed by atoms with Crippen molar-refractivity contribution in [3.05, 3.63) is 28.8 Å². The number of halogens is 2. The molecule has 1 aromatic rings.